The van der Waals surface area contributed by atoms with E-state index in [4.69, 9.17) is 11.6 Å². The molecule has 0 unspecified atom stereocenters. The molecular weight excluding hydrogens is 236 g/mol. The average molecular weight is 255 g/mol. The number of nitrogens with one attached hydrogen (secondary N) is 1. The molecule has 0 aromatic carbocycles. The SMILES string of the molecule is CC(C)(CCCCl)CNC(=O)c1ccccn1. The molecule has 0 aliphatic heterocycles. The lowest BCUT2D eigenvalue weighted by atomic mass is 9.88. The number of halogens is 1. The van der Waals surface area contributed by atoms with Crippen molar-refractivity contribution in [1.82, 2.24) is 10.3 Å². The number of rotatable bonds is 6. The lowest BCUT2D eigenvalue weighted by Gasteiger charge is -2.24. The number of amides is 1. The van der Waals surface area contributed by atoms with Crippen molar-refractivity contribution < 1.29 is 4.79 Å². The standard InChI is InChI=1S/C13H19ClN2O/c1-13(2,7-5-8-14)10-16-12(17)11-6-3-4-9-15-11/h3-4,6,9H,5,7-8,10H2,1-2H3,(H,16,17). The topological polar surface area (TPSA) is 42.0 Å². The van der Waals surface area contributed by atoms with Gasteiger partial charge in [-0.2, -0.15) is 0 Å². The molecular formula is C13H19ClN2O. The highest BCUT2D eigenvalue weighted by Crippen LogP contribution is 2.21. The molecule has 4 heteroatoms. The summed E-state index contributed by atoms with van der Waals surface area (Å²) in [6.45, 7) is 4.88. The van der Waals surface area contributed by atoms with Gasteiger partial charge in [0.2, 0.25) is 0 Å². The second kappa shape index (κ2) is 6.60. The third-order valence-corrected chi connectivity index (χ3v) is 2.88. The zero-order valence-corrected chi connectivity index (χ0v) is 11.1. The van der Waals surface area contributed by atoms with Gasteiger partial charge in [-0.3, -0.25) is 9.78 Å². The number of alkyl halides is 1. The van der Waals surface area contributed by atoms with Crippen LogP contribution in [0.4, 0.5) is 0 Å². The van der Waals surface area contributed by atoms with Crippen LogP contribution in [-0.2, 0) is 0 Å². The summed E-state index contributed by atoms with van der Waals surface area (Å²) in [5, 5.41) is 2.90. The summed E-state index contributed by atoms with van der Waals surface area (Å²) in [4.78, 5) is 15.8. The number of hydrogen-bond acceptors (Lipinski definition) is 2. The first-order valence-corrected chi connectivity index (χ1v) is 6.34. The summed E-state index contributed by atoms with van der Waals surface area (Å²) in [5.41, 5.74) is 0.528. The highest BCUT2D eigenvalue weighted by atomic mass is 35.5. The largest absolute Gasteiger partial charge is 0.350 e. The maximum atomic E-state index is 11.8. The second-order valence-electron chi connectivity index (χ2n) is 4.85. The lowest BCUT2D eigenvalue weighted by Crippen LogP contribution is -2.34. The molecule has 0 aliphatic rings. The molecule has 0 atom stereocenters. The normalized spacial score (nSPS) is 11.2. The fourth-order valence-electron chi connectivity index (χ4n) is 1.54. The van der Waals surface area contributed by atoms with Crippen molar-refractivity contribution in [2.75, 3.05) is 12.4 Å². The highest BCUT2D eigenvalue weighted by molar-refractivity contribution is 6.17. The van der Waals surface area contributed by atoms with Gasteiger partial charge < -0.3 is 5.32 Å². The molecule has 0 bridgehead atoms. The number of nitrogens with zero attached hydrogens (tertiary/aromatic N) is 1. The molecule has 94 valence electrons. The Hall–Kier alpha value is -1.09. The lowest BCUT2D eigenvalue weighted by molar-refractivity contribution is 0.0929. The van der Waals surface area contributed by atoms with Gasteiger partial charge in [-0.15, -0.1) is 11.6 Å². The molecule has 1 aromatic heterocycles. The van der Waals surface area contributed by atoms with Crippen LogP contribution in [-0.4, -0.2) is 23.3 Å². The van der Waals surface area contributed by atoms with Crippen molar-refractivity contribution >= 4 is 17.5 Å². The first kappa shape index (κ1) is 14.0. The van der Waals surface area contributed by atoms with Crippen LogP contribution in [0.5, 0.6) is 0 Å². The predicted molar refractivity (Wildman–Crippen MR) is 70.3 cm³/mol. The predicted octanol–water partition coefficient (Wildman–Crippen LogP) is 2.86. The Morgan fingerprint density at radius 1 is 1.47 bits per heavy atom. The van der Waals surface area contributed by atoms with Crippen molar-refractivity contribution in [1.29, 1.82) is 0 Å². The van der Waals surface area contributed by atoms with E-state index in [-0.39, 0.29) is 11.3 Å². The molecule has 1 aromatic rings. The van der Waals surface area contributed by atoms with Crippen molar-refractivity contribution in [2.24, 2.45) is 5.41 Å². The maximum absolute atomic E-state index is 11.8. The molecule has 0 spiro atoms. The van der Waals surface area contributed by atoms with Crippen LogP contribution in [0.3, 0.4) is 0 Å². The smallest absolute Gasteiger partial charge is 0.269 e. The minimum Gasteiger partial charge on any atom is -0.350 e. The molecule has 0 aliphatic carbocycles. The van der Waals surface area contributed by atoms with E-state index in [2.05, 4.69) is 24.1 Å². The summed E-state index contributed by atoms with van der Waals surface area (Å²) in [7, 11) is 0. The zero-order valence-electron chi connectivity index (χ0n) is 10.4. The van der Waals surface area contributed by atoms with Crippen LogP contribution >= 0.6 is 11.6 Å². The Balaban J connectivity index is 2.43. The van der Waals surface area contributed by atoms with Crippen LogP contribution in [0.1, 0.15) is 37.2 Å². The quantitative estimate of drug-likeness (QED) is 0.794. The zero-order chi connectivity index (χ0) is 12.7. The Morgan fingerprint density at radius 2 is 2.24 bits per heavy atom. The molecule has 1 heterocycles. The average Bonchev–Trinajstić information content (AvgIpc) is 2.35. The van der Waals surface area contributed by atoms with Gasteiger partial charge in [0, 0.05) is 18.6 Å². The van der Waals surface area contributed by atoms with Crippen molar-refractivity contribution in [3.05, 3.63) is 30.1 Å². The van der Waals surface area contributed by atoms with Gasteiger partial charge in [-0.05, 0) is 30.4 Å². The van der Waals surface area contributed by atoms with Gasteiger partial charge in [0.25, 0.3) is 5.91 Å². The molecule has 0 saturated carbocycles. The van der Waals surface area contributed by atoms with E-state index in [1.165, 1.54) is 0 Å². The molecule has 17 heavy (non-hydrogen) atoms. The van der Waals surface area contributed by atoms with Crippen molar-refractivity contribution in [2.45, 2.75) is 26.7 Å². The van der Waals surface area contributed by atoms with Crippen molar-refractivity contribution in [3.8, 4) is 0 Å². The Kier molecular flexibility index (Phi) is 5.42. The summed E-state index contributed by atoms with van der Waals surface area (Å²) in [6, 6.07) is 5.31. The van der Waals surface area contributed by atoms with E-state index in [9.17, 15) is 4.79 Å². The van der Waals surface area contributed by atoms with E-state index in [1.807, 2.05) is 0 Å². The van der Waals surface area contributed by atoms with E-state index in [0.29, 0.717) is 18.1 Å². The van der Waals surface area contributed by atoms with Crippen LogP contribution in [0, 0.1) is 5.41 Å². The third kappa shape index (κ3) is 5.18. The van der Waals surface area contributed by atoms with Gasteiger partial charge in [-0.25, -0.2) is 0 Å². The number of carbonyl (C=O) groups excluding carboxylic acids is 1. The summed E-state index contributed by atoms with van der Waals surface area (Å²) < 4.78 is 0. The van der Waals surface area contributed by atoms with Gasteiger partial charge in [0.05, 0.1) is 0 Å². The van der Waals surface area contributed by atoms with E-state index >= 15 is 0 Å². The molecule has 1 amide bonds. The molecule has 3 nitrogen and oxygen atoms in total. The fraction of sp³-hybridized carbons (Fsp3) is 0.538. The molecule has 0 saturated heterocycles. The first-order valence-electron chi connectivity index (χ1n) is 5.80. The fourth-order valence-corrected chi connectivity index (χ4v) is 1.67. The Morgan fingerprint density at radius 3 is 2.82 bits per heavy atom. The van der Waals surface area contributed by atoms with Crippen LogP contribution in [0.25, 0.3) is 0 Å². The highest BCUT2D eigenvalue weighted by Gasteiger charge is 2.18. The summed E-state index contributed by atoms with van der Waals surface area (Å²) in [6.07, 6.45) is 3.58. The van der Waals surface area contributed by atoms with Crippen molar-refractivity contribution in [3.63, 3.8) is 0 Å². The van der Waals surface area contributed by atoms with Gasteiger partial charge >= 0.3 is 0 Å². The number of hydrogen-bond donors (Lipinski definition) is 1. The van der Waals surface area contributed by atoms with Crippen LogP contribution < -0.4 is 5.32 Å². The monoisotopic (exact) mass is 254 g/mol. The summed E-state index contributed by atoms with van der Waals surface area (Å²) in [5.74, 6) is 0.544. The van der Waals surface area contributed by atoms with E-state index in [1.54, 1.807) is 24.4 Å². The number of pyridine rings is 1. The Bertz CT molecular complexity index is 352. The maximum Gasteiger partial charge on any atom is 0.269 e. The summed E-state index contributed by atoms with van der Waals surface area (Å²) >= 11 is 5.67. The van der Waals surface area contributed by atoms with Gasteiger partial charge in [0.15, 0.2) is 0 Å². The molecule has 1 rings (SSSR count). The minimum atomic E-state index is -0.121. The third-order valence-electron chi connectivity index (χ3n) is 2.61. The molecule has 1 N–H and O–H groups in total. The second-order valence-corrected chi connectivity index (χ2v) is 5.23. The number of aromatic nitrogens is 1. The van der Waals surface area contributed by atoms with E-state index in [0.717, 1.165) is 12.8 Å². The van der Waals surface area contributed by atoms with E-state index < -0.39 is 0 Å². The van der Waals surface area contributed by atoms with Gasteiger partial charge in [0.1, 0.15) is 5.69 Å². The minimum absolute atomic E-state index is 0.0688. The van der Waals surface area contributed by atoms with Gasteiger partial charge in [-0.1, -0.05) is 19.9 Å². The molecule has 0 radical (unpaired) electrons. The van der Waals surface area contributed by atoms with Crippen LogP contribution in [0.15, 0.2) is 24.4 Å². The first-order chi connectivity index (χ1) is 8.05. The number of carbonyl (C=O) groups is 1. The molecule has 0 fully saturated rings. The van der Waals surface area contributed by atoms with Crippen LogP contribution in [0.2, 0.25) is 0 Å². The Labute approximate surface area is 108 Å².